The van der Waals surface area contributed by atoms with Crippen molar-refractivity contribution in [2.45, 2.75) is 46.2 Å². The molecule has 1 aromatic rings. The van der Waals surface area contributed by atoms with Gasteiger partial charge in [0.1, 0.15) is 0 Å². The van der Waals surface area contributed by atoms with E-state index in [-0.39, 0.29) is 0 Å². The van der Waals surface area contributed by atoms with E-state index in [1.54, 1.807) is 0 Å². The van der Waals surface area contributed by atoms with Crippen LogP contribution in [0.1, 0.15) is 33.6 Å². The molecule has 2 atom stereocenters. The first-order valence-corrected chi connectivity index (χ1v) is 5.93. The van der Waals surface area contributed by atoms with E-state index in [1.807, 2.05) is 23.1 Å². The van der Waals surface area contributed by atoms with Crippen molar-refractivity contribution in [3.63, 3.8) is 0 Å². The van der Waals surface area contributed by atoms with Crippen molar-refractivity contribution < 1.29 is 0 Å². The summed E-state index contributed by atoms with van der Waals surface area (Å²) in [6.45, 7) is 8.78. The molecule has 3 nitrogen and oxygen atoms in total. The summed E-state index contributed by atoms with van der Waals surface area (Å²) in [5.74, 6) is 0.817. The number of nitrogens with one attached hydrogen (secondary N) is 1. The van der Waals surface area contributed by atoms with Gasteiger partial charge in [-0.15, -0.1) is 0 Å². The van der Waals surface area contributed by atoms with Crippen LogP contribution in [0.15, 0.2) is 18.5 Å². The Balaban J connectivity index is 2.09. The van der Waals surface area contributed by atoms with Gasteiger partial charge < -0.3 is 5.32 Å². The molecule has 0 aliphatic rings. The van der Waals surface area contributed by atoms with Crippen LogP contribution in [-0.4, -0.2) is 22.4 Å². The van der Waals surface area contributed by atoms with E-state index in [0.717, 1.165) is 19.0 Å². The molecule has 1 aromatic heterocycles. The van der Waals surface area contributed by atoms with Gasteiger partial charge in [-0.2, -0.15) is 5.10 Å². The lowest BCUT2D eigenvalue weighted by atomic mass is 10.0. The second-order valence-corrected chi connectivity index (χ2v) is 4.37. The molecule has 0 saturated heterocycles. The maximum Gasteiger partial charge on any atom is 0.0534 e. The summed E-state index contributed by atoms with van der Waals surface area (Å²) < 4.78 is 1.96. The fourth-order valence-corrected chi connectivity index (χ4v) is 1.71. The van der Waals surface area contributed by atoms with E-state index in [2.05, 4.69) is 31.2 Å². The third-order valence-corrected chi connectivity index (χ3v) is 2.85. The topological polar surface area (TPSA) is 29.9 Å². The van der Waals surface area contributed by atoms with Gasteiger partial charge in [-0.05, 0) is 25.3 Å². The van der Waals surface area contributed by atoms with Crippen LogP contribution < -0.4 is 5.32 Å². The molecular weight excluding hydrogens is 186 g/mol. The van der Waals surface area contributed by atoms with E-state index in [1.165, 1.54) is 12.8 Å². The molecule has 1 rings (SSSR count). The Kier molecular flexibility index (Phi) is 5.40. The number of aromatic nitrogens is 2. The van der Waals surface area contributed by atoms with Crippen LogP contribution in [0.3, 0.4) is 0 Å². The van der Waals surface area contributed by atoms with Gasteiger partial charge in [0.15, 0.2) is 0 Å². The van der Waals surface area contributed by atoms with Crippen LogP contribution in [0.25, 0.3) is 0 Å². The Hall–Kier alpha value is -0.830. The Morgan fingerprint density at radius 1 is 1.40 bits per heavy atom. The summed E-state index contributed by atoms with van der Waals surface area (Å²) in [5.41, 5.74) is 0. The molecular formula is C12H23N3. The molecule has 0 aliphatic heterocycles. The lowest BCUT2D eigenvalue weighted by Crippen LogP contribution is -2.30. The van der Waals surface area contributed by atoms with Crippen LogP contribution in [0.2, 0.25) is 0 Å². The number of hydrogen-bond acceptors (Lipinski definition) is 2. The van der Waals surface area contributed by atoms with Crippen molar-refractivity contribution in [2.24, 2.45) is 5.92 Å². The third-order valence-electron chi connectivity index (χ3n) is 2.85. The molecule has 2 unspecified atom stereocenters. The molecule has 0 saturated carbocycles. The standard InChI is InChI=1S/C12H23N3/c1-4-11(2)10-12(3)13-7-9-15-8-5-6-14-15/h5-6,8,11-13H,4,7,9-10H2,1-3H3. The molecule has 0 aromatic carbocycles. The fraction of sp³-hybridized carbons (Fsp3) is 0.750. The lowest BCUT2D eigenvalue weighted by molar-refractivity contribution is 0.402. The molecule has 0 aliphatic carbocycles. The molecule has 1 N–H and O–H groups in total. The summed E-state index contributed by atoms with van der Waals surface area (Å²) in [5, 5.41) is 7.69. The van der Waals surface area contributed by atoms with Gasteiger partial charge in [0.05, 0.1) is 6.54 Å². The van der Waals surface area contributed by atoms with Crippen LogP contribution >= 0.6 is 0 Å². The third kappa shape index (κ3) is 4.98. The van der Waals surface area contributed by atoms with Crippen molar-refractivity contribution >= 4 is 0 Å². The minimum atomic E-state index is 0.607. The van der Waals surface area contributed by atoms with Crippen molar-refractivity contribution in [1.29, 1.82) is 0 Å². The average molecular weight is 209 g/mol. The predicted molar refractivity (Wildman–Crippen MR) is 63.8 cm³/mol. The monoisotopic (exact) mass is 209 g/mol. The molecule has 0 spiro atoms. The second kappa shape index (κ2) is 6.62. The summed E-state index contributed by atoms with van der Waals surface area (Å²) in [6, 6.07) is 2.57. The Bertz CT molecular complexity index is 243. The van der Waals surface area contributed by atoms with Gasteiger partial charge in [-0.1, -0.05) is 20.3 Å². The summed E-state index contributed by atoms with van der Waals surface area (Å²) in [6.07, 6.45) is 6.35. The quantitative estimate of drug-likeness (QED) is 0.746. The molecule has 0 bridgehead atoms. The Morgan fingerprint density at radius 3 is 2.80 bits per heavy atom. The zero-order chi connectivity index (χ0) is 11.1. The average Bonchev–Trinajstić information content (AvgIpc) is 2.70. The number of rotatable bonds is 7. The molecule has 86 valence electrons. The van der Waals surface area contributed by atoms with Gasteiger partial charge in [0.2, 0.25) is 0 Å². The zero-order valence-electron chi connectivity index (χ0n) is 10.1. The minimum absolute atomic E-state index is 0.607. The lowest BCUT2D eigenvalue weighted by Gasteiger charge is -2.17. The highest BCUT2D eigenvalue weighted by atomic mass is 15.3. The van der Waals surface area contributed by atoms with Gasteiger partial charge in [-0.3, -0.25) is 4.68 Å². The smallest absolute Gasteiger partial charge is 0.0534 e. The molecule has 3 heteroatoms. The van der Waals surface area contributed by atoms with E-state index in [9.17, 15) is 0 Å². The molecule has 15 heavy (non-hydrogen) atoms. The molecule has 0 fully saturated rings. The van der Waals surface area contributed by atoms with Crippen LogP contribution in [0.4, 0.5) is 0 Å². The number of nitrogens with zero attached hydrogens (tertiary/aromatic N) is 2. The minimum Gasteiger partial charge on any atom is -0.312 e. The van der Waals surface area contributed by atoms with E-state index >= 15 is 0 Å². The first-order valence-electron chi connectivity index (χ1n) is 5.93. The van der Waals surface area contributed by atoms with Crippen LogP contribution in [-0.2, 0) is 6.54 Å². The highest BCUT2D eigenvalue weighted by Gasteiger charge is 2.05. The van der Waals surface area contributed by atoms with E-state index in [4.69, 9.17) is 0 Å². The van der Waals surface area contributed by atoms with Gasteiger partial charge in [0, 0.05) is 25.0 Å². The SMILES string of the molecule is CCC(C)CC(C)NCCn1cccn1. The van der Waals surface area contributed by atoms with Crippen molar-refractivity contribution in [3.05, 3.63) is 18.5 Å². The van der Waals surface area contributed by atoms with Gasteiger partial charge >= 0.3 is 0 Å². The summed E-state index contributed by atoms with van der Waals surface area (Å²) in [4.78, 5) is 0. The van der Waals surface area contributed by atoms with Crippen LogP contribution in [0, 0.1) is 5.92 Å². The first kappa shape index (κ1) is 12.2. The van der Waals surface area contributed by atoms with Crippen molar-refractivity contribution in [3.8, 4) is 0 Å². The van der Waals surface area contributed by atoms with Gasteiger partial charge in [0.25, 0.3) is 0 Å². The fourth-order valence-electron chi connectivity index (χ4n) is 1.71. The predicted octanol–water partition coefficient (Wildman–Crippen LogP) is 2.30. The van der Waals surface area contributed by atoms with E-state index < -0.39 is 0 Å². The van der Waals surface area contributed by atoms with E-state index in [0.29, 0.717) is 6.04 Å². The van der Waals surface area contributed by atoms with Crippen molar-refractivity contribution in [2.75, 3.05) is 6.54 Å². The molecule has 0 amide bonds. The maximum atomic E-state index is 4.17. The van der Waals surface area contributed by atoms with Crippen LogP contribution in [0.5, 0.6) is 0 Å². The molecule has 0 radical (unpaired) electrons. The Labute approximate surface area is 92.9 Å². The summed E-state index contributed by atoms with van der Waals surface area (Å²) in [7, 11) is 0. The molecule has 1 heterocycles. The largest absolute Gasteiger partial charge is 0.312 e. The highest BCUT2D eigenvalue weighted by Crippen LogP contribution is 2.08. The highest BCUT2D eigenvalue weighted by molar-refractivity contribution is 4.77. The Morgan fingerprint density at radius 2 is 2.20 bits per heavy atom. The second-order valence-electron chi connectivity index (χ2n) is 4.37. The van der Waals surface area contributed by atoms with Crippen molar-refractivity contribution in [1.82, 2.24) is 15.1 Å². The van der Waals surface area contributed by atoms with Gasteiger partial charge in [-0.25, -0.2) is 0 Å². The number of hydrogen-bond donors (Lipinski definition) is 1. The maximum absolute atomic E-state index is 4.17. The summed E-state index contributed by atoms with van der Waals surface area (Å²) >= 11 is 0. The normalized spacial score (nSPS) is 15.1. The zero-order valence-corrected chi connectivity index (χ0v) is 10.1. The first-order chi connectivity index (χ1) is 7.22.